The van der Waals surface area contributed by atoms with E-state index in [1.807, 2.05) is 0 Å². The molecular weight excluding hydrogens is 191 g/mol. The van der Waals surface area contributed by atoms with Gasteiger partial charge in [0, 0.05) is 12.4 Å². The van der Waals surface area contributed by atoms with Crippen LogP contribution in [-0.2, 0) is 0 Å². The van der Waals surface area contributed by atoms with Crippen molar-refractivity contribution in [1.82, 2.24) is 9.97 Å². The van der Waals surface area contributed by atoms with Crippen molar-refractivity contribution in [3.8, 4) is 11.4 Å². The summed E-state index contributed by atoms with van der Waals surface area (Å²) in [5, 5.41) is 0.105. The van der Waals surface area contributed by atoms with Crippen LogP contribution in [0.1, 0.15) is 0 Å². The van der Waals surface area contributed by atoms with Crippen molar-refractivity contribution in [1.29, 1.82) is 0 Å². The van der Waals surface area contributed by atoms with Gasteiger partial charge in [0.25, 0.3) is 0 Å². The first kappa shape index (κ1) is 8.26. The number of benzene rings is 1. The van der Waals surface area contributed by atoms with Gasteiger partial charge in [0.1, 0.15) is 5.82 Å². The zero-order valence-electron chi connectivity index (χ0n) is 6.59. The highest BCUT2D eigenvalue weighted by molar-refractivity contribution is 6.31. The highest BCUT2D eigenvalue weighted by atomic mass is 35.5. The average Bonchev–Trinajstić information content (AvgIpc) is 2.62. The molecule has 0 aliphatic heterocycles. The molecule has 0 saturated carbocycles. The molecule has 0 saturated heterocycles. The molecule has 0 spiro atoms. The summed E-state index contributed by atoms with van der Waals surface area (Å²) in [7, 11) is 0. The van der Waals surface area contributed by atoms with Gasteiger partial charge in [0.15, 0.2) is 5.82 Å². The molecule has 0 unspecified atom stereocenters. The summed E-state index contributed by atoms with van der Waals surface area (Å²) in [5.74, 6) is 0.0408. The van der Waals surface area contributed by atoms with Gasteiger partial charge < -0.3 is 4.98 Å². The number of nitrogens with zero attached hydrogens (tertiary/aromatic N) is 1. The standard InChI is InChI=1S/C9H6ClFN2/c10-7-3-1-2-6(8(7)11)9-12-4-5-13-9/h1-5H,(H,12,13). The van der Waals surface area contributed by atoms with E-state index in [1.54, 1.807) is 24.5 Å². The Bertz CT molecular complexity index is 412. The topological polar surface area (TPSA) is 28.7 Å². The number of imidazole rings is 1. The lowest BCUT2D eigenvalue weighted by molar-refractivity contribution is 0.630. The van der Waals surface area contributed by atoms with Gasteiger partial charge in [-0.1, -0.05) is 17.7 Å². The molecule has 1 heterocycles. The van der Waals surface area contributed by atoms with Gasteiger partial charge in [-0.25, -0.2) is 9.37 Å². The second kappa shape index (κ2) is 3.18. The Kier molecular flexibility index (Phi) is 2.02. The van der Waals surface area contributed by atoms with Gasteiger partial charge in [-0.15, -0.1) is 0 Å². The summed E-state index contributed by atoms with van der Waals surface area (Å²) in [6.07, 6.45) is 3.20. The third-order valence-corrected chi connectivity index (χ3v) is 2.00. The van der Waals surface area contributed by atoms with Crippen LogP contribution < -0.4 is 0 Å². The SMILES string of the molecule is Fc1c(Cl)cccc1-c1ncc[nH]1. The molecular formula is C9H6ClFN2. The summed E-state index contributed by atoms with van der Waals surface area (Å²) >= 11 is 5.61. The minimum Gasteiger partial charge on any atom is -0.345 e. The number of aromatic amines is 1. The van der Waals surface area contributed by atoms with Crippen molar-refractivity contribution in [2.75, 3.05) is 0 Å². The lowest BCUT2D eigenvalue weighted by atomic mass is 10.2. The molecule has 2 aromatic rings. The zero-order chi connectivity index (χ0) is 9.26. The minimum atomic E-state index is -0.445. The minimum absolute atomic E-state index is 0.105. The van der Waals surface area contributed by atoms with E-state index >= 15 is 0 Å². The van der Waals surface area contributed by atoms with Gasteiger partial charge in [0.2, 0.25) is 0 Å². The molecule has 1 aromatic heterocycles. The van der Waals surface area contributed by atoms with Crippen LogP contribution in [0.5, 0.6) is 0 Å². The van der Waals surface area contributed by atoms with Gasteiger partial charge in [-0.3, -0.25) is 0 Å². The fraction of sp³-hybridized carbons (Fsp3) is 0. The van der Waals surface area contributed by atoms with Crippen molar-refractivity contribution < 1.29 is 4.39 Å². The smallest absolute Gasteiger partial charge is 0.152 e. The first-order chi connectivity index (χ1) is 6.29. The maximum Gasteiger partial charge on any atom is 0.152 e. The molecule has 13 heavy (non-hydrogen) atoms. The van der Waals surface area contributed by atoms with E-state index in [0.29, 0.717) is 11.4 Å². The summed E-state index contributed by atoms with van der Waals surface area (Å²) in [6, 6.07) is 4.81. The van der Waals surface area contributed by atoms with E-state index < -0.39 is 5.82 Å². The van der Waals surface area contributed by atoms with Gasteiger partial charge in [0.05, 0.1) is 10.6 Å². The Morgan fingerprint density at radius 2 is 2.23 bits per heavy atom. The first-order valence-corrected chi connectivity index (χ1v) is 4.10. The fourth-order valence-electron chi connectivity index (χ4n) is 1.10. The van der Waals surface area contributed by atoms with Crippen LogP contribution in [0.15, 0.2) is 30.6 Å². The van der Waals surface area contributed by atoms with Crippen molar-refractivity contribution >= 4 is 11.6 Å². The normalized spacial score (nSPS) is 10.3. The van der Waals surface area contributed by atoms with Crippen molar-refractivity contribution in [2.24, 2.45) is 0 Å². The lowest BCUT2D eigenvalue weighted by Gasteiger charge is -1.99. The van der Waals surface area contributed by atoms with Crippen LogP contribution in [0.25, 0.3) is 11.4 Å². The van der Waals surface area contributed by atoms with Gasteiger partial charge >= 0.3 is 0 Å². The molecule has 0 atom stereocenters. The maximum atomic E-state index is 13.4. The number of rotatable bonds is 1. The number of halogens is 2. The number of nitrogens with one attached hydrogen (secondary N) is 1. The highest BCUT2D eigenvalue weighted by Crippen LogP contribution is 2.24. The van der Waals surface area contributed by atoms with E-state index in [-0.39, 0.29) is 5.02 Å². The first-order valence-electron chi connectivity index (χ1n) is 3.73. The molecule has 0 fully saturated rings. The number of hydrogen-bond acceptors (Lipinski definition) is 1. The van der Waals surface area contributed by atoms with Crippen LogP contribution in [0, 0.1) is 5.82 Å². The van der Waals surface area contributed by atoms with E-state index in [2.05, 4.69) is 9.97 Å². The maximum absolute atomic E-state index is 13.4. The number of hydrogen-bond donors (Lipinski definition) is 1. The van der Waals surface area contributed by atoms with Crippen LogP contribution in [0.4, 0.5) is 4.39 Å². The predicted octanol–water partition coefficient (Wildman–Crippen LogP) is 2.87. The summed E-state index contributed by atoms with van der Waals surface area (Å²) < 4.78 is 13.4. The van der Waals surface area contributed by atoms with Crippen LogP contribution >= 0.6 is 11.6 Å². The van der Waals surface area contributed by atoms with E-state index in [4.69, 9.17) is 11.6 Å². The Hall–Kier alpha value is -1.35. The fourth-order valence-corrected chi connectivity index (χ4v) is 1.27. The quantitative estimate of drug-likeness (QED) is 0.747. The average molecular weight is 197 g/mol. The third-order valence-electron chi connectivity index (χ3n) is 1.70. The van der Waals surface area contributed by atoms with Gasteiger partial charge in [-0.2, -0.15) is 0 Å². The molecule has 66 valence electrons. The van der Waals surface area contributed by atoms with E-state index in [1.165, 1.54) is 6.07 Å². The largest absolute Gasteiger partial charge is 0.345 e. The Morgan fingerprint density at radius 1 is 1.38 bits per heavy atom. The molecule has 1 aromatic carbocycles. The molecule has 0 radical (unpaired) electrons. The molecule has 0 amide bonds. The van der Waals surface area contributed by atoms with Gasteiger partial charge in [-0.05, 0) is 12.1 Å². The zero-order valence-corrected chi connectivity index (χ0v) is 7.35. The predicted molar refractivity (Wildman–Crippen MR) is 49.0 cm³/mol. The second-order valence-electron chi connectivity index (χ2n) is 2.54. The van der Waals surface area contributed by atoms with Crippen molar-refractivity contribution in [3.05, 3.63) is 41.4 Å². The summed E-state index contributed by atoms with van der Waals surface area (Å²) in [4.78, 5) is 6.75. The number of H-pyrrole nitrogens is 1. The molecule has 0 aliphatic carbocycles. The second-order valence-corrected chi connectivity index (χ2v) is 2.95. The molecule has 0 bridgehead atoms. The molecule has 1 N–H and O–H groups in total. The van der Waals surface area contributed by atoms with Crippen molar-refractivity contribution in [3.63, 3.8) is 0 Å². The van der Waals surface area contributed by atoms with Crippen LogP contribution in [0.3, 0.4) is 0 Å². The highest BCUT2D eigenvalue weighted by Gasteiger charge is 2.09. The lowest BCUT2D eigenvalue weighted by Crippen LogP contribution is -1.86. The molecule has 2 rings (SSSR count). The molecule has 0 aliphatic rings. The summed E-state index contributed by atoms with van der Waals surface area (Å²) in [6.45, 7) is 0. The Morgan fingerprint density at radius 3 is 2.92 bits per heavy atom. The summed E-state index contributed by atoms with van der Waals surface area (Å²) in [5.41, 5.74) is 0.387. The van der Waals surface area contributed by atoms with E-state index in [0.717, 1.165) is 0 Å². The Labute approximate surface area is 79.4 Å². The molecule has 4 heteroatoms. The number of aromatic nitrogens is 2. The molecule has 2 nitrogen and oxygen atoms in total. The van der Waals surface area contributed by atoms with Crippen LogP contribution in [0.2, 0.25) is 5.02 Å². The monoisotopic (exact) mass is 196 g/mol. The van der Waals surface area contributed by atoms with E-state index in [9.17, 15) is 4.39 Å². The van der Waals surface area contributed by atoms with Crippen LogP contribution in [-0.4, -0.2) is 9.97 Å². The van der Waals surface area contributed by atoms with Crippen molar-refractivity contribution in [2.45, 2.75) is 0 Å². The Balaban J connectivity index is 2.59. The third kappa shape index (κ3) is 1.42.